The molecular weight excluding hydrogens is 218 g/mol. The fourth-order valence-electron chi connectivity index (χ4n) is 1.68. The molecule has 2 aromatic rings. The van der Waals surface area contributed by atoms with E-state index in [-0.39, 0.29) is 11.9 Å². The van der Waals surface area contributed by atoms with Crippen molar-refractivity contribution in [2.75, 3.05) is 0 Å². The number of nitrogens with zero attached hydrogens (tertiary/aromatic N) is 3. The van der Waals surface area contributed by atoms with Gasteiger partial charge in [0.1, 0.15) is 11.5 Å². The Bertz CT molecular complexity index is 514. The molecule has 2 heterocycles. The summed E-state index contributed by atoms with van der Waals surface area (Å²) >= 11 is 0. The van der Waals surface area contributed by atoms with Crippen molar-refractivity contribution < 1.29 is 4.79 Å². The first-order chi connectivity index (χ1) is 8.08. The molecule has 1 amide bonds. The number of carbonyl (C=O) groups excluding carboxylic acids is 1. The molecule has 0 spiro atoms. The Labute approximate surface area is 99.1 Å². The van der Waals surface area contributed by atoms with E-state index in [4.69, 9.17) is 0 Å². The number of rotatable bonds is 3. The third-order valence-electron chi connectivity index (χ3n) is 2.51. The zero-order valence-corrected chi connectivity index (χ0v) is 10.1. The third-order valence-corrected chi connectivity index (χ3v) is 2.51. The molecule has 2 N–H and O–H groups in total. The van der Waals surface area contributed by atoms with Crippen LogP contribution in [0.15, 0.2) is 18.5 Å². The molecule has 2 aromatic heterocycles. The summed E-state index contributed by atoms with van der Waals surface area (Å²) in [4.78, 5) is 19.0. The molecule has 0 aliphatic carbocycles. The van der Waals surface area contributed by atoms with E-state index in [0.29, 0.717) is 5.69 Å². The van der Waals surface area contributed by atoms with Crippen molar-refractivity contribution >= 4 is 5.91 Å². The summed E-state index contributed by atoms with van der Waals surface area (Å²) in [5, 5.41) is 6.99. The van der Waals surface area contributed by atoms with Crippen molar-refractivity contribution in [3.8, 4) is 0 Å². The van der Waals surface area contributed by atoms with Crippen molar-refractivity contribution in [2.24, 2.45) is 7.05 Å². The van der Waals surface area contributed by atoms with Gasteiger partial charge >= 0.3 is 0 Å². The lowest BCUT2D eigenvalue weighted by Crippen LogP contribution is -2.29. The molecule has 0 aliphatic heterocycles. The molecule has 0 radical (unpaired) electrons. The van der Waals surface area contributed by atoms with Crippen LogP contribution in [0.4, 0.5) is 0 Å². The number of H-pyrrole nitrogens is 1. The van der Waals surface area contributed by atoms with Crippen molar-refractivity contribution in [1.82, 2.24) is 25.1 Å². The van der Waals surface area contributed by atoms with Gasteiger partial charge in [0, 0.05) is 19.4 Å². The number of hydrogen-bond acceptors (Lipinski definition) is 3. The number of carbonyl (C=O) groups is 1. The molecule has 17 heavy (non-hydrogen) atoms. The molecule has 1 unspecified atom stereocenters. The number of aryl methyl sites for hydroxylation is 2. The summed E-state index contributed by atoms with van der Waals surface area (Å²) in [5.41, 5.74) is 1.37. The Kier molecular flexibility index (Phi) is 2.95. The first-order valence-electron chi connectivity index (χ1n) is 5.38. The highest BCUT2D eigenvalue weighted by Gasteiger charge is 2.16. The summed E-state index contributed by atoms with van der Waals surface area (Å²) in [6.45, 7) is 3.73. The fraction of sp³-hybridized carbons (Fsp3) is 0.364. The van der Waals surface area contributed by atoms with Crippen LogP contribution in [0.25, 0.3) is 0 Å². The number of nitrogens with one attached hydrogen (secondary N) is 2. The molecule has 2 rings (SSSR count). The number of aromatic amines is 1. The highest BCUT2D eigenvalue weighted by Crippen LogP contribution is 2.08. The molecule has 0 saturated heterocycles. The maximum absolute atomic E-state index is 12.0. The highest BCUT2D eigenvalue weighted by molar-refractivity contribution is 5.92. The zero-order chi connectivity index (χ0) is 12.4. The van der Waals surface area contributed by atoms with Crippen LogP contribution < -0.4 is 5.32 Å². The molecule has 6 nitrogen and oxygen atoms in total. The van der Waals surface area contributed by atoms with E-state index in [1.807, 2.05) is 13.8 Å². The van der Waals surface area contributed by atoms with Crippen LogP contribution in [-0.4, -0.2) is 25.7 Å². The molecule has 0 saturated carbocycles. The minimum Gasteiger partial charge on any atom is -0.347 e. The summed E-state index contributed by atoms with van der Waals surface area (Å²) in [6.07, 6.45) is 3.39. The maximum Gasteiger partial charge on any atom is 0.270 e. The van der Waals surface area contributed by atoms with Gasteiger partial charge in [0.25, 0.3) is 5.91 Å². The summed E-state index contributed by atoms with van der Waals surface area (Å²) < 4.78 is 1.57. The van der Waals surface area contributed by atoms with E-state index < -0.39 is 0 Å². The average Bonchev–Trinajstić information content (AvgIpc) is 2.87. The predicted octanol–water partition coefficient (Wildman–Crippen LogP) is 0.943. The molecule has 0 aliphatic rings. The maximum atomic E-state index is 12.0. The first kappa shape index (κ1) is 11.4. The quantitative estimate of drug-likeness (QED) is 0.828. The summed E-state index contributed by atoms with van der Waals surface area (Å²) in [7, 11) is 1.75. The van der Waals surface area contributed by atoms with E-state index in [2.05, 4.69) is 20.4 Å². The van der Waals surface area contributed by atoms with E-state index in [1.165, 1.54) is 0 Å². The minimum atomic E-state index is -0.160. The van der Waals surface area contributed by atoms with Gasteiger partial charge in [-0.25, -0.2) is 4.98 Å². The van der Waals surface area contributed by atoms with Gasteiger partial charge in [-0.3, -0.25) is 9.48 Å². The molecular formula is C11H15N5O. The van der Waals surface area contributed by atoms with Gasteiger partial charge < -0.3 is 10.3 Å². The van der Waals surface area contributed by atoms with Crippen molar-refractivity contribution in [1.29, 1.82) is 0 Å². The van der Waals surface area contributed by atoms with Gasteiger partial charge in [-0.2, -0.15) is 5.10 Å². The summed E-state index contributed by atoms with van der Waals surface area (Å²) in [5.74, 6) is 0.578. The highest BCUT2D eigenvalue weighted by atomic mass is 16.2. The van der Waals surface area contributed by atoms with Gasteiger partial charge in [-0.15, -0.1) is 0 Å². The SMILES string of the molecule is Cc1cc(C(=O)NC(C)c2ncc[nH]2)n(C)n1. The number of amides is 1. The fourth-order valence-corrected chi connectivity index (χ4v) is 1.68. The van der Waals surface area contributed by atoms with E-state index in [0.717, 1.165) is 11.5 Å². The molecule has 0 fully saturated rings. The summed E-state index contributed by atoms with van der Waals surface area (Å²) in [6, 6.07) is 1.59. The predicted molar refractivity (Wildman–Crippen MR) is 62.4 cm³/mol. The van der Waals surface area contributed by atoms with E-state index >= 15 is 0 Å². The van der Waals surface area contributed by atoms with Gasteiger partial charge in [0.2, 0.25) is 0 Å². The molecule has 0 bridgehead atoms. The lowest BCUT2D eigenvalue weighted by atomic mass is 10.3. The Balaban J connectivity index is 2.09. The van der Waals surface area contributed by atoms with E-state index in [9.17, 15) is 4.79 Å². The van der Waals surface area contributed by atoms with Crippen LogP contribution in [0.5, 0.6) is 0 Å². The second-order valence-corrected chi connectivity index (χ2v) is 3.96. The average molecular weight is 233 g/mol. The van der Waals surface area contributed by atoms with Crippen LogP contribution in [0, 0.1) is 6.92 Å². The molecule has 6 heteroatoms. The number of aromatic nitrogens is 4. The monoisotopic (exact) mass is 233 g/mol. The standard InChI is InChI=1S/C11H15N5O/c1-7-6-9(16(3)15-7)11(17)14-8(2)10-12-4-5-13-10/h4-6,8H,1-3H3,(H,12,13)(H,14,17). The number of hydrogen-bond donors (Lipinski definition) is 2. The second kappa shape index (κ2) is 4.40. The smallest absolute Gasteiger partial charge is 0.270 e. The molecule has 90 valence electrons. The topological polar surface area (TPSA) is 75.6 Å². The second-order valence-electron chi connectivity index (χ2n) is 3.96. The largest absolute Gasteiger partial charge is 0.347 e. The lowest BCUT2D eigenvalue weighted by Gasteiger charge is -2.11. The van der Waals surface area contributed by atoms with Crippen LogP contribution >= 0.6 is 0 Å². The normalized spacial score (nSPS) is 12.4. The first-order valence-corrected chi connectivity index (χ1v) is 5.38. The lowest BCUT2D eigenvalue weighted by molar-refractivity contribution is 0.0929. The zero-order valence-electron chi connectivity index (χ0n) is 10.1. The van der Waals surface area contributed by atoms with Gasteiger partial charge in [0.05, 0.1) is 11.7 Å². The van der Waals surface area contributed by atoms with Gasteiger partial charge in [0.15, 0.2) is 0 Å². The third kappa shape index (κ3) is 2.35. The Morgan fingerprint density at radius 2 is 2.35 bits per heavy atom. The molecule has 1 atom stereocenters. The van der Waals surface area contributed by atoms with Gasteiger partial charge in [-0.05, 0) is 19.9 Å². The Hall–Kier alpha value is -2.11. The van der Waals surface area contributed by atoms with Crippen LogP contribution in [0.2, 0.25) is 0 Å². The van der Waals surface area contributed by atoms with Crippen LogP contribution in [0.3, 0.4) is 0 Å². The number of imidazole rings is 1. The van der Waals surface area contributed by atoms with Gasteiger partial charge in [-0.1, -0.05) is 0 Å². The molecule has 0 aromatic carbocycles. The van der Waals surface area contributed by atoms with Crippen molar-refractivity contribution in [3.63, 3.8) is 0 Å². The minimum absolute atomic E-state index is 0.156. The Morgan fingerprint density at radius 1 is 1.59 bits per heavy atom. The van der Waals surface area contributed by atoms with Crippen molar-refractivity contribution in [3.05, 3.63) is 35.7 Å². The van der Waals surface area contributed by atoms with E-state index in [1.54, 1.807) is 30.2 Å². The van der Waals surface area contributed by atoms with Crippen LogP contribution in [-0.2, 0) is 7.05 Å². The Morgan fingerprint density at radius 3 is 2.88 bits per heavy atom. The van der Waals surface area contributed by atoms with Crippen molar-refractivity contribution in [2.45, 2.75) is 19.9 Å². The van der Waals surface area contributed by atoms with Crippen LogP contribution in [0.1, 0.15) is 35.0 Å².